The molecular formula is C21H26ClFN2O5S. The Morgan fingerprint density at radius 3 is 2.55 bits per heavy atom. The van der Waals surface area contributed by atoms with Crippen molar-refractivity contribution in [3.05, 3.63) is 57.9 Å². The number of rotatable bonds is 10. The molecule has 0 aliphatic carbocycles. The summed E-state index contributed by atoms with van der Waals surface area (Å²) in [7, 11) is -2.79. The molecule has 10 heteroatoms. The molecule has 2 rings (SSSR count). The van der Waals surface area contributed by atoms with Gasteiger partial charge in [0.15, 0.2) is 0 Å². The van der Waals surface area contributed by atoms with Crippen LogP contribution in [0.3, 0.4) is 0 Å². The zero-order chi connectivity index (χ0) is 23.3. The molecule has 170 valence electrons. The fourth-order valence-corrected chi connectivity index (χ4v) is 4.90. The van der Waals surface area contributed by atoms with Crippen LogP contribution in [0.1, 0.15) is 29.5 Å². The van der Waals surface area contributed by atoms with E-state index < -0.39 is 33.8 Å². The fourth-order valence-electron chi connectivity index (χ4n) is 3.29. The van der Waals surface area contributed by atoms with Crippen LogP contribution >= 0.6 is 11.6 Å². The van der Waals surface area contributed by atoms with Gasteiger partial charge in [0.2, 0.25) is 10.0 Å². The smallest absolute Gasteiger partial charge is 0.322 e. The molecule has 0 saturated heterocycles. The van der Waals surface area contributed by atoms with E-state index in [0.717, 1.165) is 5.56 Å². The minimum atomic E-state index is -4.29. The SMILES string of the molecule is COCCNc1cc(Cl)ccc1S(=O)(=O)NC(C(=O)O)C(C)c1c(F)ccc(C)c1C. The summed E-state index contributed by atoms with van der Waals surface area (Å²) in [6, 6.07) is 5.34. The first-order chi connectivity index (χ1) is 14.5. The molecule has 0 amide bonds. The van der Waals surface area contributed by atoms with Crippen LogP contribution in [-0.4, -0.2) is 45.8 Å². The maximum absolute atomic E-state index is 14.5. The summed E-state index contributed by atoms with van der Waals surface area (Å²) in [4.78, 5) is 11.8. The highest BCUT2D eigenvalue weighted by Crippen LogP contribution is 2.30. The van der Waals surface area contributed by atoms with Gasteiger partial charge in [0.25, 0.3) is 0 Å². The highest BCUT2D eigenvalue weighted by atomic mass is 35.5. The van der Waals surface area contributed by atoms with E-state index in [1.165, 1.54) is 38.3 Å². The van der Waals surface area contributed by atoms with Gasteiger partial charge in [-0.25, -0.2) is 12.8 Å². The van der Waals surface area contributed by atoms with Crippen molar-refractivity contribution in [2.75, 3.05) is 25.6 Å². The minimum Gasteiger partial charge on any atom is -0.480 e. The molecule has 7 nitrogen and oxygen atoms in total. The summed E-state index contributed by atoms with van der Waals surface area (Å²) in [6.45, 7) is 5.56. The third-order valence-electron chi connectivity index (χ3n) is 5.09. The number of carbonyl (C=O) groups is 1. The van der Waals surface area contributed by atoms with Crippen LogP contribution in [0.15, 0.2) is 35.2 Å². The lowest BCUT2D eigenvalue weighted by atomic mass is 9.88. The van der Waals surface area contributed by atoms with E-state index in [-0.39, 0.29) is 16.1 Å². The molecule has 0 bridgehead atoms. The van der Waals surface area contributed by atoms with E-state index in [2.05, 4.69) is 10.0 Å². The van der Waals surface area contributed by atoms with Crippen LogP contribution < -0.4 is 10.0 Å². The molecule has 0 aliphatic rings. The van der Waals surface area contributed by atoms with E-state index >= 15 is 0 Å². The normalized spacial score (nSPS) is 13.6. The van der Waals surface area contributed by atoms with Gasteiger partial charge in [0.05, 0.1) is 12.3 Å². The van der Waals surface area contributed by atoms with Crippen LogP contribution in [0.25, 0.3) is 0 Å². The maximum atomic E-state index is 14.5. The summed E-state index contributed by atoms with van der Waals surface area (Å²) in [5.74, 6) is -2.97. The summed E-state index contributed by atoms with van der Waals surface area (Å²) < 4.78 is 47.9. The van der Waals surface area contributed by atoms with Crippen molar-refractivity contribution < 1.29 is 27.4 Å². The molecule has 0 aliphatic heterocycles. The van der Waals surface area contributed by atoms with Crippen LogP contribution in [0.5, 0.6) is 0 Å². The Balaban J connectivity index is 2.44. The molecule has 2 aromatic rings. The zero-order valence-electron chi connectivity index (χ0n) is 17.7. The number of aryl methyl sites for hydroxylation is 1. The number of hydrogen-bond acceptors (Lipinski definition) is 5. The van der Waals surface area contributed by atoms with Crippen molar-refractivity contribution in [1.29, 1.82) is 0 Å². The number of sulfonamides is 1. The Kier molecular flexibility index (Phi) is 8.41. The van der Waals surface area contributed by atoms with Crippen molar-refractivity contribution >= 4 is 33.3 Å². The van der Waals surface area contributed by atoms with Crippen molar-refractivity contribution in [1.82, 2.24) is 4.72 Å². The van der Waals surface area contributed by atoms with Gasteiger partial charge in [0.1, 0.15) is 16.8 Å². The molecule has 3 N–H and O–H groups in total. The van der Waals surface area contributed by atoms with E-state index in [0.29, 0.717) is 23.7 Å². The standard InChI is InChI=1S/C21H26ClFN2O5S/c1-12-5-7-16(23)19(13(12)2)14(3)20(21(26)27)25-31(28,29)18-8-6-15(22)11-17(18)24-9-10-30-4/h5-8,11,14,20,24-25H,9-10H2,1-4H3,(H,26,27). The number of methoxy groups -OCH3 is 1. The van der Waals surface area contributed by atoms with Gasteiger partial charge in [0, 0.05) is 24.6 Å². The van der Waals surface area contributed by atoms with Gasteiger partial charge >= 0.3 is 5.97 Å². The molecule has 0 heterocycles. The van der Waals surface area contributed by atoms with E-state index in [1.807, 2.05) is 0 Å². The third kappa shape index (κ3) is 5.94. The minimum absolute atomic E-state index is 0.157. The van der Waals surface area contributed by atoms with Gasteiger partial charge in [-0.15, -0.1) is 0 Å². The second-order valence-corrected chi connectivity index (χ2v) is 9.31. The van der Waals surface area contributed by atoms with Crippen LogP contribution in [0, 0.1) is 19.7 Å². The molecule has 0 radical (unpaired) electrons. The molecule has 0 aromatic heterocycles. The Morgan fingerprint density at radius 2 is 1.94 bits per heavy atom. The van der Waals surface area contributed by atoms with Crippen molar-refractivity contribution in [2.45, 2.75) is 37.6 Å². The monoisotopic (exact) mass is 472 g/mol. The lowest BCUT2D eigenvalue weighted by Gasteiger charge is -2.25. The van der Waals surface area contributed by atoms with E-state index in [9.17, 15) is 22.7 Å². The first-order valence-corrected chi connectivity index (χ1v) is 11.4. The zero-order valence-corrected chi connectivity index (χ0v) is 19.3. The van der Waals surface area contributed by atoms with Gasteiger partial charge < -0.3 is 15.2 Å². The van der Waals surface area contributed by atoms with Gasteiger partial charge in [-0.2, -0.15) is 4.72 Å². The van der Waals surface area contributed by atoms with E-state index in [4.69, 9.17) is 16.3 Å². The number of ether oxygens (including phenoxy) is 1. The highest BCUT2D eigenvalue weighted by molar-refractivity contribution is 7.89. The average Bonchev–Trinajstić information content (AvgIpc) is 2.69. The van der Waals surface area contributed by atoms with Crippen LogP contribution in [0.4, 0.5) is 10.1 Å². The molecule has 0 fully saturated rings. The quantitative estimate of drug-likeness (QED) is 0.455. The first kappa shape index (κ1) is 25.1. The second kappa shape index (κ2) is 10.4. The third-order valence-corrected chi connectivity index (χ3v) is 6.82. The maximum Gasteiger partial charge on any atom is 0.322 e. The molecular weight excluding hydrogens is 447 g/mol. The van der Waals surface area contributed by atoms with Crippen molar-refractivity contribution in [2.24, 2.45) is 0 Å². The molecule has 31 heavy (non-hydrogen) atoms. The second-order valence-electron chi connectivity index (χ2n) is 7.19. The summed E-state index contributed by atoms with van der Waals surface area (Å²) in [5.41, 5.74) is 1.71. The molecule has 2 aromatic carbocycles. The van der Waals surface area contributed by atoms with Crippen molar-refractivity contribution in [3.63, 3.8) is 0 Å². The van der Waals surface area contributed by atoms with Crippen LogP contribution in [0.2, 0.25) is 5.02 Å². The topological polar surface area (TPSA) is 105 Å². The molecule has 0 saturated carbocycles. The number of carboxylic acids is 1. The van der Waals surface area contributed by atoms with Gasteiger partial charge in [-0.3, -0.25) is 4.79 Å². The Morgan fingerprint density at radius 1 is 1.26 bits per heavy atom. The number of hydrogen-bond donors (Lipinski definition) is 3. The summed E-state index contributed by atoms with van der Waals surface area (Å²) in [6.07, 6.45) is 0. The first-order valence-electron chi connectivity index (χ1n) is 9.52. The number of aliphatic carboxylic acids is 1. The number of anilines is 1. The van der Waals surface area contributed by atoms with Gasteiger partial charge in [-0.05, 0) is 54.8 Å². The van der Waals surface area contributed by atoms with Crippen molar-refractivity contribution in [3.8, 4) is 0 Å². The lowest BCUT2D eigenvalue weighted by Crippen LogP contribution is -2.44. The molecule has 2 atom stereocenters. The number of benzene rings is 2. The molecule has 0 spiro atoms. The lowest BCUT2D eigenvalue weighted by molar-refractivity contribution is -0.139. The number of nitrogens with one attached hydrogen (secondary N) is 2. The predicted molar refractivity (Wildman–Crippen MR) is 118 cm³/mol. The largest absolute Gasteiger partial charge is 0.480 e. The molecule has 2 unspecified atom stereocenters. The average molecular weight is 473 g/mol. The number of halogens is 2. The van der Waals surface area contributed by atoms with E-state index in [1.54, 1.807) is 19.9 Å². The fraction of sp³-hybridized carbons (Fsp3) is 0.381. The Bertz CT molecular complexity index is 1060. The predicted octanol–water partition coefficient (Wildman–Crippen LogP) is 3.69. The summed E-state index contributed by atoms with van der Waals surface area (Å²) >= 11 is 5.99. The van der Waals surface area contributed by atoms with Crippen LogP contribution in [-0.2, 0) is 19.6 Å². The summed E-state index contributed by atoms with van der Waals surface area (Å²) in [5, 5.41) is 13.0. The Labute approximate surface area is 186 Å². The Hall–Kier alpha value is -2.20. The highest BCUT2D eigenvalue weighted by Gasteiger charge is 2.34. The van der Waals surface area contributed by atoms with Gasteiger partial charge in [-0.1, -0.05) is 24.6 Å². The number of carboxylic acid groups (broad SMARTS) is 1.